The minimum atomic E-state index is 0.0659. The first-order valence-electron chi connectivity index (χ1n) is 4.96. The van der Waals surface area contributed by atoms with Crippen molar-refractivity contribution in [3.63, 3.8) is 0 Å². The van der Waals surface area contributed by atoms with Gasteiger partial charge in [-0.3, -0.25) is 0 Å². The van der Waals surface area contributed by atoms with Gasteiger partial charge >= 0.3 is 0 Å². The molecule has 0 fully saturated rings. The van der Waals surface area contributed by atoms with E-state index >= 15 is 0 Å². The van der Waals surface area contributed by atoms with Crippen molar-refractivity contribution in [2.45, 2.75) is 32.1 Å². The molecule has 1 aromatic carbocycles. The third-order valence-electron chi connectivity index (χ3n) is 2.61. The minimum absolute atomic E-state index is 0.0659. The highest BCUT2D eigenvalue weighted by atomic mass is 16.3. The molecule has 2 nitrogen and oxygen atoms in total. The molecule has 0 aliphatic carbocycles. The van der Waals surface area contributed by atoms with E-state index in [4.69, 9.17) is 10.2 Å². The number of hydrogen-bond donors (Lipinski definition) is 2. The lowest BCUT2D eigenvalue weighted by atomic mass is 9.81. The van der Waals surface area contributed by atoms with E-state index in [0.29, 0.717) is 5.75 Å². The Kier molecular flexibility index (Phi) is 3.53. The summed E-state index contributed by atoms with van der Waals surface area (Å²) < 4.78 is 0. The number of aromatic hydroxyl groups is 1. The van der Waals surface area contributed by atoms with E-state index in [1.165, 1.54) is 5.56 Å². The molecule has 1 aromatic rings. The monoisotopic (exact) mass is 194 g/mol. The fourth-order valence-corrected chi connectivity index (χ4v) is 1.58. The zero-order valence-electron chi connectivity index (χ0n) is 8.83. The van der Waals surface area contributed by atoms with Crippen molar-refractivity contribution in [3.05, 3.63) is 29.8 Å². The van der Waals surface area contributed by atoms with Crippen molar-refractivity contribution in [3.8, 4) is 5.75 Å². The highest BCUT2D eigenvalue weighted by molar-refractivity contribution is 5.30. The Hall–Kier alpha value is -1.02. The highest BCUT2D eigenvalue weighted by Gasteiger charge is 2.19. The van der Waals surface area contributed by atoms with Crippen LogP contribution in [0.25, 0.3) is 0 Å². The first-order valence-corrected chi connectivity index (χ1v) is 4.96. The van der Waals surface area contributed by atoms with E-state index in [1.54, 1.807) is 12.1 Å². The van der Waals surface area contributed by atoms with E-state index in [-0.39, 0.29) is 12.0 Å². The molecule has 78 valence electrons. The third kappa shape index (κ3) is 2.74. The third-order valence-corrected chi connectivity index (χ3v) is 2.61. The lowest BCUT2D eigenvalue weighted by molar-refractivity contribution is 0.268. The van der Waals surface area contributed by atoms with Crippen LogP contribution in [0.3, 0.4) is 0 Å². The van der Waals surface area contributed by atoms with Gasteiger partial charge in [-0.05, 0) is 36.0 Å². The van der Waals surface area contributed by atoms with Crippen LogP contribution < -0.4 is 0 Å². The van der Waals surface area contributed by atoms with Gasteiger partial charge in [-0.1, -0.05) is 26.0 Å². The van der Waals surface area contributed by atoms with E-state index in [9.17, 15) is 0 Å². The molecule has 1 rings (SSSR count). The second kappa shape index (κ2) is 4.47. The van der Waals surface area contributed by atoms with E-state index in [1.807, 2.05) is 12.1 Å². The molecule has 0 aromatic heterocycles. The van der Waals surface area contributed by atoms with Crippen LogP contribution in [-0.4, -0.2) is 16.8 Å². The Morgan fingerprint density at radius 1 is 1.14 bits per heavy atom. The number of benzene rings is 1. The number of aliphatic hydroxyl groups is 1. The molecule has 0 saturated carbocycles. The summed E-state index contributed by atoms with van der Waals surface area (Å²) in [5.74, 6) is 0.298. The zero-order chi connectivity index (χ0) is 10.6. The topological polar surface area (TPSA) is 40.5 Å². The van der Waals surface area contributed by atoms with Gasteiger partial charge in [0.2, 0.25) is 0 Å². The molecule has 0 heterocycles. The zero-order valence-corrected chi connectivity index (χ0v) is 8.83. The maximum Gasteiger partial charge on any atom is 0.115 e. The van der Waals surface area contributed by atoms with Gasteiger partial charge in [-0.25, -0.2) is 0 Å². The molecule has 0 saturated heterocycles. The van der Waals surface area contributed by atoms with Crippen LogP contribution in [0.5, 0.6) is 5.75 Å². The normalized spacial score (nSPS) is 11.6. The average molecular weight is 194 g/mol. The van der Waals surface area contributed by atoms with Crippen molar-refractivity contribution in [2.75, 3.05) is 6.61 Å². The molecule has 0 aliphatic heterocycles. The highest BCUT2D eigenvalue weighted by Crippen LogP contribution is 2.29. The first kappa shape index (κ1) is 11.1. The second-order valence-electron chi connectivity index (χ2n) is 4.26. The lowest BCUT2D eigenvalue weighted by Gasteiger charge is -2.24. The maximum absolute atomic E-state index is 9.16. The van der Waals surface area contributed by atoms with Crippen molar-refractivity contribution in [1.29, 1.82) is 0 Å². The van der Waals surface area contributed by atoms with Crippen LogP contribution >= 0.6 is 0 Å². The van der Waals surface area contributed by atoms with Gasteiger partial charge < -0.3 is 10.2 Å². The quantitative estimate of drug-likeness (QED) is 0.773. The molecule has 0 amide bonds. The summed E-state index contributed by atoms with van der Waals surface area (Å²) in [4.78, 5) is 0. The number of hydrogen-bond acceptors (Lipinski definition) is 2. The summed E-state index contributed by atoms with van der Waals surface area (Å²) in [6, 6.07) is 7.28. The standard InChI is InChI=1S/C12H18O2/c1-12(2,8-3-9-13)10-4-6-11(14)7-5-10/h4-7,13-14H,3,8-9H2,1-2H3. The molecule has 0 spiro atoms. The van der Waals surface area contributed by atoms with E-state index in [2.05, 4.69) is 13.8 Å². The Balaban J connectivity index is 2.75. The van der Waals surface area contributed by atoms with Crippen LogP contribution in [0.2, 0.25) is 0 Å². The summed E-state index contributed by atoms with van der Waals surface area (Å²) in [6.07, 6.45) is 1.77. The van der Waals surface area contributed by atoms with Crippen molar-refractivity contribution in [1.82, 2.24) is 0 Å². The van der Waals surface area contributed by atoms with Gasteiger partial charge in [0.15, 0.2) is 0 Å². The van der Waals surface area contributed by atoms with Crippen LogP contribution in [0.1, 0.15) is 32.3 Å². The fraction of sp³-hybridized carbons (Fsp3) is 0.500. The summed E-state index contributed by atoms with van der Waals surface area (Å²) in [6.45, 7) is 4.53. The second-order valence-corrected chi connectivity index (χ2v) is 4.26. The molecular weight excluding hydrogens is 176 g/mol. The molecule has 0 aliphatic rings. The van der Waals surface area contributed by atoms with Crippen LogP contribution in [0.15, 0.2) is 24.3 Å². The summed E-state index contributed by atoms with van der Waals surface area (Å²) >= 11 is 0. The molecule has 0 bridgehead atoms. The molecule has 14 heavy (non-hydrogen) atoms. The first-order chi connectivity index (χ1) is 6.56. The minimum Gasteiger partial charge on any atom is -0.508 e. The summed E-state index contributed by atoms with van der Waals surface area (Å²) in [7, 11) is 0. The van der Waals surface area contributed by atoms with Gasteiger partial charge in [0.25, 0.3) is 0 Å². The Bertz CT molecular complexity index is 275. The molecule has 2 heteroatoms. The predicted octanol–water partition coefficient (Wildman–Crippen LogP) is 2.44. The molecule has 0 unspecified atom stereocenters. The van der Waals surface area contributed by atoms with Crippen LogP contribution in [0, 0.1) is 0 Å². The van der Waals surface area contributed by atoms with Crippen molar-refractivity contribution >= 4 is 0 Å². The van der Waals surface area contributed by atoms with Gasteiger partial charge in [-0.15, -0.1) is 0 Å². The number of aliphatic hydroxyl groups excluding tert-OH is 1. The molecular formula is C12H18O2. The predicted molar refractivity (Wildman–Crippen MR) is 57.5 cm³/mol. The van der Waals surface area contributed by atoms with Crippen LogP contribution in [0.4, 0.5) is 0 Å². The van der Waals surface area contributed by atoms with Crippen LogP contribution in [-0.2, 0) is 5.41 Å². The fourth-order valence-electron chi connectivity index (χ4n) is 1.58. The Labute approximate surface area is 85.2 Å². The molecule has 0 atom stereocenters. The van der Waals surface area contributed by atoms with Gasteiger partial charge in [0, 0.05) is 6.61 Å². The van der Waals surface area contributed by atoms with Crippen molar-refractivity contribution in [2.24, 2.45) is 0 Å². The number of phenolic OH excluding ortho intramolecular Hbond substituents is 1. The van der Waals surface area contributed by atoms with Crippen molar-refractivity contribution < 1.29 is 10.2 Å². The molecule has 2 N–H and O–H groups in total. The number of rotatable bonds is 4. The molecule has 0 radical (unpaired) electrons. The summed E-state index contributed by atoms with van der Waals surface area (Å²) in [5, 5.41) is 17.9. The average Bonchev–Trinajstić information content (AvgIpc) is 2.16. The SMILES string of the molecule is CC(C)(CCCO)c1ccc(O)cc1. The van der Waals surface area contributed by atoms with Gasteiger partial charge in [-0.2, -0.15) is 0 Å². The largest absolute Gasteiger partial charge is 0.508 e. The van der Waals surface area contributed by atoms with Gasteiger partial charge in [0.1, 0.15) is 5.75 Å². The lowest BCUT2D eigenvalue weighted by Crippen LogP contribution is -2.17. The van der Waals surface area contributed by atoms with Gasteiger partial charge in [0.05, 0.1) is 0 Å². The Morgan fingerprint density at radius 3 is 2.21 bits per heavy atom. The number of phenols is 1. The summed E-state index contributed by atoms with van der Waals surface area (Å²) in [5.41, 5.74) is 1.26. The maximum atomic E-state index is 9.16. The Morgan fingerprint density at radius 2 is 1.71 bits per heavy atom. The van der Waals surface area contributed by atoms with E-state index < -0.39 is 0 Å². The smallest absolute Gasteiger partial charge is 0.115 e. The van der Waals surface area contributed by atoms with E-state index in [0.717, 1.165) is 12.8 Å².